The van der Waals surface area contributed by atoms with Gasteiger partial charge in [0.25, 0.3) is 0 Å². The second-order valence-corrected chi connectivity index (χ2v) is 6.42. The second kappa shape index (κ2) is 6.14. The van der Waals surface area contributed by atoms with Crippen molar-refractivity contribution in [3.05, 3.63) is 17.2 Å². The molecule has 0 aromatic heterocycles. The normalized spacial score (nSPS) is 20.4. The lowest BCUT2D eigenvalue weighted by Gasteiger charge is -2.27. The first-order valence-electron chi connectivity index (χ1n) is 7.46. The Balaban J connectivity index is 2.64. The number of ether oxygens (including phenoxy) is 3. The number of hydrogen-bond donors (Lipinski definition) is 1. The molecule has 1 atom stereocenters. The SMILES string of the molecule is CNC1CC(C)(C)CCc2c1cc(OC)c(OC)c2OC. The Morgan fingerprint density at radius 3 is 2.29 bits per heavy atom. The predicted octanol–water partition coefficient (Wildman–Crippen LogP) is 3.34. The summed E-state index contributed by atoms with van der Waals surface area (Å²) in [5.74, 6) is 2.23. The monoisotopic (exact) mass is 293 g/mol. The molecule has 1 unspecified atom stereocenters. The van der Waals surface area contributed by atoms with Crippen LogP contribution in [0.1, 0.15) is 43.9 Å². The lowest BCUT2D eigenvalue weighted by atomic mass is 9.83. The van der Waals surface area contributed by atoms with Gasteiger partial charge >= 0.3 is 0 Å². The summed E-state index contributed by atoms with van der Waals surface area (Å²) in [7, 11) is 7.03. The zero-order valence-electron chi connectivity index (χ0n) is 14.0. The Labute approximate surface area is 127 Å². The molecule has 1 aliphatic rings. The third kappa shape index (κ3) is 2.95. The molecule has 1 aliphatic carbocycles. The molecule has 0 bridgehead atoms. The largest absolute Gasteiger partial charge is 0.493 e. The summed E-state index contributed by atoms with van der Waals surface area (Å²) in [5.41, 5.74) is 2.79. The summed E-state index contributed by atoms with van der Waals surface area (Å²) in [5, 5.41) is 3.44. The van der Waals surface area contributed by atoms with Crippen molar-refractivity contribution in [1.29, 1.82) is 0 Å². The van der Waals surface area contributed by atoms with E-state index in [1.54, 1.807) is 21.3 Å². The molecule has 1 aromatic rings. The van der Waals surface area contributed by atoms with Gasteiger partial charge in [-0.25, -0.2) is 0 Å². The highest BCUT2D eigenvalue weighted by Crippen LogP contribution is 2.48. The Morgan fingerprint density at radius 1 is 1.10 bits per heavy atom. The van der Waals surface area contributed by atoms with Gasteiger partial charge < -0.3 is 19.5 Å². The minimum absolute atomic E-state index is 0.290. The molecule has 0 amide bonds. The molecule has 1 N–H and O–H groups in total. The number of methoxy groups -OCH3 is 3. The highest BCUT2D eigenvalue weighted by atomic mass is 16.5. The van der Waals surface area contributed by atoms with Crippen molar-refractivity contribution in [3.8, 4) is 17.2 Å². The fourth-order valence-electron chi connectivity index (χ4n) is 3.29. The van der Waals surface area contributed by atoms with E-state index in [9.17, 15) is 0 Å². The van der Waals surface area contributed by atoms with Gasteiger partial charge in [-0.05, 0) is 43.4 Å². The summed E-state index contributed by atoms with van der Waals surface area (Å²) >= 11 is 0. The van der Waals surface area contributed by atoms with Gasteiger partial charge in [0, 0.05) is 11.6 Å². The maximum absolute atomic E-state index is 5.66. The summed E-state index contributed by atoms with van der Waals surface area (Å²) in [6, 6.07) is 2.39. The van der Waals surface area contributed by atoms with E-state index in [1.807, 2.05) is 7.05 Å². The van der Waals surface area contributed by atoms with Gasteiger partial charge in [-0.2, -0.15) is 0 Å². The molecule has 21 heavy (non-hydrogen) atoms. The molecule has 0 radical (unpaired) electrons. The smallest absolute Gasteiger partial charge is 0.203 e. The average molecular weight is 293 g/mol. The fraction of sp³-hybridized carbons (Fsp3) is 0.647. The van der Waals surface area contributed by atoms with Gasteiger partial charge in [0.05, 0.1) is 21.3 Å². The Bertz CT molecular complexity index is 511. The summed E-state index contributed by atoms with van der Waals surface area (Å²) < 4.78 is 16.7. The predicted molar refractivity (Wildman–Crippen MR) is 84.6 cm³/mol. The third-order valence-corrected chi connectivity index (χ3v) is 4.50. The first-order chi connectivity index (χ1) is 9.97. The molecule has 0 fully saturated rings. The van der Waals surface area contributed by atoms with Gasteiger partial charge in [-0.3, -0.25) is 0 Å². The van der Waals surface area contributed by atoms with Crippen LogP contribution in [-0.2, 0) is 6.42 Å². The van der Waals surface area contributed by atoms with Crippen molar-refractivity contribution >= 4 is 0 Å². The van der Waals surface area contributed by atoms with Crippen LogP contribution in [0.3, 0.4) is 0 Å². The second-order valence-electron chi connectivity index (χ2n) is 6.42. The molecule has 1 aromatic carbocycles. The molecule has 0 spiro atoms. The molecule has 4 heteroatoms. The van der Waals surface area contributed by atoms with Crippen molar-refractivity contribution in [2.24, 2.45) is 5.41 Å². The van der Waals surface area contributed by atoms with Crippen LogP contribution >= 0.6 is 0 Å². The number of fused-ring (bicyclic) bond motifs is 1. The molecule has 0 aliphatic heterocycles. The van der Waals surface area contributed by atoms with E-state index in [1.165, 1.54) is 11.1 Å². The van der Waals surface area contributed by atoms with Crippen LogP contribution in [-0.4, -0.2) is 28.4 Å². The molecular formula is C17H27NO3. The van der Waals surface area contributed by atoms with Crippen molar-refractivity contribution in [3.63, 3.8) is 0 Å². The Morgan fingerprint density at radius 2 is 1.76 bits per heavy atom. The highest BCUT2D eigenvalue weighted by molar-refractivity contribution is 5.60. The molecular weight excluding hydrogens is 266 g/mol. The molecule has 0 saturated carbocycles. The number of rotatable bonds is 4. The van der Waals surface area contributed by atoms with E-state index in [0.29, 0.717) is 11.8 Å². The van der Waals surface area contributed by atoms with E-state index in [2.05, 4.69) is 25.2 Å². The van der Waals surface area contributed by atoms with Gasteiger partial charge in [0.15, 0.2) is 11.5 Å². The maximum atomic E-state index is 5.66. The fourth-order valence-corrected chi connectivity index (χ4v) is 3.29. The molecule has 0 saturated heterocycles. The van der Waals surface area contributed by atoms with Crippen LogP contribution in [0.15, 0.2) is 6.07 Å². The van der Waals surface area contributed by atoms with Crippen molar-refractivity contribution in [2.75, 3.05) is 28.4 Å². The quantitative estimate of drug-likeness (QED) is 0.864. The van der Waals surface area contributed by atoms with Crippen LogP contribution < -0.4 is 19.5 Å². The number of hydrogen-bond acceptors (Lipinski definition) is 4. The van der Waals surface area contributed by atoms with E-state index in [0.717, 1.165) is 30.8 Å². The van der Waals surface area contributed by atoms with Crippen LogP contribution in [0.25, 0.3) is 0 Å². The standard InChI is InChI=1S/C17H27NO3/c1-17(2)8-7-11-12(13(10-17)18-3)9-14(19-4)16(21-6)15(11)20-5/h9,13,18H,7-8,10H2,1-6H3. The minimum atomic E-state index is 0.290. The van der Waals surface area contributed by atoms with Crippen LogP contribution in [0.4, 0.5) is 0 Å². The first-order valence-corrected chi connectivity index (χ1v) is 7.46. The first kappa shape index (κ1) is 16.0. The van der Waals surface area contributed by atoms with Gasteiger partial charge in [0.1, 0.15) is 0 Å². The Kier molecular flexibility index (Phi) is 4.67. The Hall–Kier alpha value is -1.42. The molecule has 0 heterocycles. The van der Waals surface area contributed by atoms with Crippen molar-refractivity contribution in [1.82, 2.24) is 5.32 Å². The van der Waals surface area contributed by atoms with Gasteiger partial charge in [-0.1, -0.05) is 13.8 Å². The topological polar surface area (TPSA) is 39.7 Å². The van der Waals surface area contributed by atoms with Crippen molar-refractivity contribution in [2.45, 2.75) is 39.2 Å². The third-order valence-electron chi connectivity index (χ3n) is 4.50. The molecule has 4 nitrogen and oxygen atoms in total. The summed E-state index contributed by atoms with van der Waals surface area (Å²) in [6.07, 6.45) is 3.21. The van der Waals surface area contributed by atoms with E-state index in [4.69, 9.17) is 14.2 Å². The minimum Gasteiger partial charge on any atom is -0.493 e. The van der Waals surface area contributed by atoms with E-state index in [-0.39, 0.29) is 5.41 Å². The molecule has 2 rings (SSSR count). The zero-order chi connectivity index (χ0) is 15.6. The van der Waals surface area contributed by atoms with Gasteiger partial charge in [0.2, 0.25) is 5.75 Å². The number of nitrogens with one attached hydrogen (secondary N) is 1. The highest BCUT2D eigenvalue weighted by Gasteiger charge is 2.32. The lowest BCUT2D eigenvalue weighted by molar-refractivity contribution is 0.279. The van der Waals surface area contributed by atoms with E-state index < -0.39 is 0 Å². The molecule has 118 valence electrons. The van der Waals surface area contributed by atoms with Crippen molar-refractivity contribution < 1.29 is 14.2 Å². The van der Waals surface area contributed by atoms with Crippen LogP contribution in [0.2, 0.25) is 0 Å². The van der Waals surface area contributed by atoms with E-state index >= 15 is 0 Å². The van der Waals surface area contributed by atoms with Crippen LogP contribution in [0, 0.1) is 5.41 Å². The summed E-state index contributed by atoms with van der Waals surface area (Å²) in [4.78, 5) is 0. The lowest BCUT2D eigenvalue weighted by Crippen LogP contribution is -2.22. The van der Waals surface area contributed by atoms with Crippen LogP contribution in [0.5, 0.6) is 17.2 Å². The average Bonchev–Trinajstić information content (AvgIpc) is 2.61. The maximum Gasteiger partial charge on any atom is 0.203 e. The summed E-state index contributed by atoms with van der Waals surface area (Å²) in [6.45, 7) is 4.65. The number of benzene rings is 1. The van der Waals surface area contributed by atoms with Gasteiger partial charge in [-0.15, -0.1) is 0 Å². The zero-order valence-corrected chi connectivity index (χ0v) is 14.0.